The Labute approximate surface area is 448 Å². The van der Waals surface area contributed by atoms with Gasteiger partial charge >= 0.3 is 0 Å². The van der Waals surface area contributed by atoms with E-state index in [9.17, 15) is 0 Å². The maximum absolute atomic E-state index is 2.65. The van der Waals surface area contributed by atoms with E-state index < -0.39 is 8.07 Å². The molecule has 0 atom stereocenters. The number of hydrogen-bond donors (Lipinski definition) is 0. The minimum Gasteiger partial charge on any atom is -0.310 e. The SMILES string of the molecule is CC1(C)c2ccc(N(c3cccc(C4(C)c5ccccc5-c5ccccc54)c3)c3ccc4c(c3)C(C)(C)c3ccccc3-4)cc2-c2ccc(-c3cccc([Si]4(c5ccccc5)c5ccccc5-c5ccccc54)c3)cc21. The molecule has 0 saturated carbocycles. The zero-order valence-electron chi connectivity index (χ0n) is 43.7. The van der Waals surface area contributed by atoms with Crippen molar-refractivity contribution in [3.8, 4) is 55.6 Å². The van der Waals surface area contributed by atoms with Crippen molar-refractivity contribution < 1.29 is 0 Å². The van der Waals surface area contributed by atoms with Gasteiger partial charge in [0.2, 0.25) is 0 Å². The Morgan fingerprint density at radius 3 is 1.42 bits per heavy atom. The standard InChI is InChI=1S/C74H57NSi/c1-72(2)64-32-14-9-27-56(64)59-41-38-53(47-69(59)72)75(51-23-20-22-50(45-51)74(5)66-33-15-10-28-57(66)58-29-11-16-34-67(58)74)52-39-42-65-63(46-52)60-40-37-49(44-68(60)73(65,3)4)48-21-19-26-55(43-48)76(54-24-7-6-8-25-54)70-35-17-12-30-61(70)62-31-13-18-36-71(62)76/h6-47H,1-5H3. The Morgan fingerprint density at radius 2 is 0.737 bits per heavy atom. The summed E-state index contributed by atoms with van der Waals surface area (Å²) in [4.78, 5) is 2.52. The monoisotopic (exact) mass is 987 g/mol. The lowest BCUT2D eigenvalue weighted by molar-refractivity contribution is 0.660. The summed E-state index contributed by atoms with van der Waals surface area (Å²) in [7, 11) is -2.65. The molecule has 76 heavy (non-hydrogen) atoms. The van der Waals surface area contributed by atoms with Gasteiger partial charge in [-0.25, -0.2) is 0 Å². The van der Waals surface area contributed by atoms with Crippen LogP contribution in [-0.4, -0.2) is 8.07 Å². The summed E-state index contributed by atoms with van der Waals surface area (Å²) in [6, 6.07) is 97.4. The topological polar surface area (TPSA) is 3.24 Å². The van der Waals surface area contributed by atoms with E-state index in [0.29, 0.717) is 0 Å². The van der Waals surface area contributed by atoms with Crippen LogP contribution in [0.3, 0.4) is 0 Å². The van der Waals surface area contributed by atoms with Crippen molar-refractivity contribution in [2.75, 3.05) is 4.90 Å². The lowest BCUT2D eigenvalue weighted by atomic mass is 9.74. The molecule has 0 N–H and O–H groups in total. The molecule has 0 spiro atoms. The maximum atomic E-state index is 2.53. The van der Waals surface area contributed by atoms with Crippen molar-refractivity contribution in [3.05, 3.63) is 294 Å². The molecule has 362 valence electrons. The highest BCUT2D eigenvalue weighted by molar-refractivity contribution is 7.22. The molecule has 2 heteroatoms. The fraction of sp³-hybridized carbons (Fsp3) is 0.108. The predicted octanol–water partition coefficient (Wildman–Crippen LogP) is 16.1. The van der Waals surface area contributed by atoms with E-state index in [1.807, 2.05) is 0 Å². The van der Waals surface area contributed by atoms with E-state index in [1.54, 1.807) is 0 Å². The molecule has 0 saturated heterocycles. The summed E-state index contributed by atoms with van der Waals surface area (Å²) in [5.41, 5.74) is 25.4. The number of rotatable bonds is 7. The normalized spacial score (nSPS) is 15.6. The van der Waals surface area contributed by atoms with Crippen LogP contribution in [0.4, 0.5) is 17.1 Å². The van der Waals surface area contributed by atoms with Crippen LogP contribution >= 0.6 is 0 Å². The third kappa shape index (κ3) is 6.08. The molecular weight excluding hydrogens is 931 g/mol. The van der Waals surface area contributed by atoms with Crippen LogP contribution in [-0.2, 0) is 16.2 Å². The molecule has 0 aromatic heterocycles. The van der Waals surface area contributed by atoms with Gasteiger partial charge in [-0.2, -0.15) is 0 Å². The third-order valence-corrected chi connectivity index (χ3v) is 23.3. The molecule has 4 aliphatic rings. The van der Waals surface area contributed by atoms with Crippen LogP contribution in [0.2, 0.25) is 0 Å². The lowest BCUT2D eigenvalue weighted by Gasteiger charge is -2.32. The van der Waals surface area contributed by atoms with Crippen LogP contribution in [0.15, 0.2) is 255 Å². The number of anilines is 3. The fourth-order valence-electron chi connectivity index (χ4n) is 14.7. The average molecular weight is 988 g/mol. The largest absolute Gasteiger partial charge is 0.310 e. The van der Waals surface area contributed by atoms with E-state index in [2.05, 4.69) is 294 Å². The highest BCUT2D eigenvalue weighted by Gasteiger charge is 2.49. The second kappa shape index (κ2) is 16.2. The van der Waals surface area contributed by atoms with Gasteiger partial charge in [-0.15, -0.1) is 0 Å². The number of hydrogen-bond acceptors (Lipinski definition) is 1. The van der Waals surface area contributed by atoms with E-state index in [4.69, 9.17) is 0 Å². The summed E-state index contributed by atoms with van der Waals surface area (Å²) in [5, 5.41) is 5.78. The Bertz CT molecular complexity index is 4120. The smallest absolute Gasteiger partial charge is 0.180 e. The molecule has 15 rings (SSSR count). The van der Waals surface area contributed by atoms with Crippen molar-refractivity contribution in [2.45, 2.75) is 50.9 Å². The van der Waals surface area contributed by atoms with Crippen LogP contribution in [0.5, 0.6) is 0 Å². The predicted molar refractivity (Wildman–Crippen MR) is 322 cm³/mol. The number of nitrogens with zero attached hydrogens (tertiary/aromatic N) is 1. The zero-order valence-corrected chi connectivity index (χ0v) is 44.7. The van der Waals surface area contributed by atoms with Crippen molar-refractivity contribution in [2.24, 2.45) is 0 Å². The quantitative estimate of drug-likeness (QED) is 0.144. The molecule has 1 heterocycles. The van der Waals surface area contributed by atoms with Crippen molar-refractivity contribution in [1.82, 2.24) is 0 Å². The Kier molecular flexibility index (Phi) is 9.58. The molecular formula is C74H57NSi. The van der Waals surface area contributed by atoms with Gasteiger partial charge in [-0.05, 0) is 165 Å². The van der Waals surface area contributed by atoms with Gasteiger partial charge in [-0.3, -0.25) is 0 Å². The van der Waals surface area contributed by atoms with Crippen LogP contribution in [0.25, 0.3) is 55.6 Å². The van der Waals surface area contributed by atoms with Crippen LogP contribution in [0, 0.1) is 0 Å². The molecule has 0 fully saturated rings. The molecule has 0 bridgehead atoms. The van der Waals surface area contributed by atoms with Crippen LogP contribution < -0.4 is 25.6 Å². The van der Waals surface area contributed by atoms with E-state index in [-0.39, 0.29) is 16.2 Å². The summed E-state index contributed by atoms with van der Waals surface area (Å²) in [6.07, 6.45) is 0. The summed E-state index contributed by atoms with van der Waals surface area (Å²) in [6.45, 7) is 12.0. The van der Waals surface area contributed by atoms with E-state index in [1.165, 1.54) is 115 Å². The minimum absolute atomic E-state index is 0.144. The highest BCUT2D eigenvalue weighted by atomic mass is 28.3. The van der Waals surface area contributed by atoms with Gasteiger partial charge in [0.05, 0.1) is 0 Å². The number of benzene rings is 11. The van der Waals surface area contributed by atoms with Gasteiger partial charge in [0.1, 0.15) is 0 Å². The lowest BCUT2D eigenvalue weighted by Crippen LogP contribution is -2.72. The Hall–Kier alpha value is -8.56. The van der Waals surface area contributed by atoms with Gasteiger partial charge in [0, 0.05) is 33.3 Å². The molecule has 1 nitrogen and oxygen atoms in total. The Morgan fingerprint density at radius 1 is 0.276 bits per heavy atom. The van der Waals surface area contributed by atoms with Crippen LogP contribution in [0.1, 0.15) is 73.6 Å². The first kappa shape index (κ1) is 44.9. The zero-order chi connectivity index (χ0) is 51.1. The minimum atomic E-state index is -2.65. The maximum Gasteiger partial charge on any atom is 0.180 e. The fourth-order valence-corrected chi connectivity index (χ4v) is 19.9. The molecule has 0 radical (unpaired) electrons. The van der Waals surface area contributed by atoms with Crippen molar-refractivity contribution in [1.29, 1.82) is 0 Å². The van der Waals surface area contributed by atoms with Gasteiger partial charge in [-0.1, -0.05) is 240 Å². The second-order valence-corrected chi connectivity index (χ2v) is 26.6. The summed E-state index contributed by atoms with van der Waals surface area (Å²) in [5.74, 6) is 0. The third-order valence-electron chi connectivity index (χ3n) is 18.4. The Balaban J connectivity index is 0.871. The summed E-state index contributed by atoms with van der Waals surface area (Å²) >= 11 is 0. The first-order valence-corrected chi connectivity index (χ1v) is 29.1. The van der Waals surface area contributed by atoms with Crippen molar-refractivity contribution in [3.63, 3.8) is 0 Å². The molecule has 1 aliphatic heterocycles. The second-order valence-electron chi connectivity index (χ2n) is 22.9. The average Bonchev–Trinajstić information content (AvgIpc) is 4.29. The number of fused-ring (bicyclic) bond motifs is 12. The van der Waals surface area contributed by atoms with Gasteiger partial charge in [0.25, 0.3) is 0 Å². The highest BCUT2D eigenvalue weighted by Crippen LogP contribution is 2.56. The first-order chi connectivity index (χ1) is 37.1. The van der Waals surface area contributed by atoms with Crippen molar-refractivity contribution >= 4 is 45.9 Å². The molecule has 11 aromatic rings. The molecule has 11 aromatic carbocycles. The molecule has 3 aliphatic carbocycles. The summed E-state index contributed by atoms with van der Waals surface area (Å²) < 4.78 is 0. The van der Waals surface area contributed by atoms with E-state index in [0.717, 1.165) is 17.1 Å². The molecule has 0 amide bonds. The van der Waals surface area contributed by atoms with E-state index >= 15 is 0 Å². The molecule has 0 unspecified atom stereocenters. The first-order valence-electron chi connectivity index (χ1n) is 27.1. The van der Waals surface area contributed by atoms with Gasteiger partial charge < -0.3 is 4.90 Å². The van der Waals surface area contributed by atoms with Gasteiger partial charge in [0.15, 0.2) is 8.07 Å².